The van der Waals surface area contributed by atoms with E-state index in [1.165, 1.54) is 19.4 Å². The lowest BCUT2D eigenvalue weighted by molar-refractivity contribution is 0.0931. The van der Waals surface area contributed by atoms with E-state index in [4.69, 9.17) is 9.47 Å². The second-order valence-electron chi connectivity index (χ2n) is 7.52. The molecule has 2 fully saturated rings. The van der Waals surface area contributed by atoms with E-state index in [1.807, 2.05) is 0 Å². The van der Waals surface area contributed by atoms with Gasteiger partial charge in [-0.2, -0.15) is 4.39 Å². The first kappa shape index (κ1) is 18.7. The number of ether oxygens (including phenoxy) is 2. The summed E-state index contributed by atoms with van der Waals surface area (Å²) in [5, 5.41) is 9.28. The van der Waals surface area contributed by atoms with Gasteiger partial charge in [-0.25, -0.2) is 4.98 Å². The summed E-state index contributed by atoms with van der Waals surface area (Å²) in [6.07, 6.45) is 2.96. The van der Waals surface area contributed by atoms with E-state index in [0.29, 0.717) is 24.1 Å². The minimum Gasteiger partial charge on any atom is -0.506 e. The molecule has 1 aromatic carbocycles. The molecule has 1 N–H and O–H groups in total. The molecule has 1 saturated carbocycles. The summed E-state index contributed by atoms with van der Waals surface area (Å²) in [6, 6.07) is 7.93. The second kappa shape index (κ2) is 7.75. The monoisotopic (exact) mass is 386 g/mol. The van der Waals surface area contributed by atoms with Crippen molar-refractivity contribution in [1.29, 1.82) is 0 Å². The first-order chi connectivity index (χ1) is 13.5. The topological polar surface area (TPSA) is 71.9 Å². The summed E-state index contributed by atoms with van der Waals surface area (Å²) < 4.78 is 25.2. The summed E-state index contributed by atoms with van der Waals surface area (Å²) in [5.74, 6) is 0.837. The number of aromatic nitrogens is 1. The number of ketones is 1. The van der Waals surface area contributed by atoms with Crippen LogP contribution >= 0.6 is 0 Å². The van der Waals surface area contributed by atoms with E-state index in [-0.39, 0.29) is 29.1 Å². The molecule has 1 aliphatic heterocycles. The highest BCUT2D eigenvalue weighted by Crippen LogP contribution is 2.40. The SMILES string of the molecule is COc1cccc(O[C@H]2C[C@@H]3CN(CC(=O)c4ccc(O)cn4)C[C@@H]3C2)c1F. The molecule has 2 aliphatic rings. The fraction of sp³-hybridized carbons (Fsp3) is 0.429. The van der Waals surface area contributed by atoms with Gasteiger partial charge in [0.25, 0.3) is 0 Å². The Morgan fingerprint density at radius 3 is 2.57 bits per heavy atom. The molecule has 0 unspecified atom stereocenters. The molecule has 1 aromatic heterocycles. The number of methoxy groups -OCH3 is 1. The summed E-state index contributed by atoms with van der Waals surface area (Å²) in [7, 11) is 1.44. The summed E-state index contributed by atoms with van der Waals surface area (Å²) in [5.41, 5.74) is 0.365. The third-order valence-corrected chi connectivity index (χ3v) is 5.63. The van der Waals surface area contributed by atoms with E-state index in [2.05, 4.69) is 9.88 Å². The fourth-order valence-corrected chi connectivity index (χ4v) is 4.32. The van der Waals surface area contributed by atoms with Crippen LogP contribution in [0.1, 0.15) is 23.3 Å². The highest BCUT2D eigenvalue weighted by Gasteiger charge is 2.42. The van der Waals surface area contributed by atoms with Crippen LogP contribution in [0.2, 0.25) is 0 Å². The van der Waals surface area contributed by atoms with Gasteiger partial charge in [0.15, 0.2) is 17.3 Å². The van der Waals surface area contributed by atoms with Crippen molar-refractivity contribution in [2.75, 3.05) is 26.7 Å². The average molecular weight is 386 g/mol. The van der Waals surface area contributed by atoms with E-state index in [9.17, 15) is 14.3 Å². The third kappa shape index (κ3) is 3.80. The van der Waals surface area contributed by atoms with E-state index in [0.717, 1.165) is 25.9 Å². The lowest BCUT2D eigenvalue weighted by Gasteiger charge is -2.19. The minimum absolute atomic E-state index is 0.0202. The highest BCUT2D eigenvalue weighted by atomic mass is 19.1. The van der Waals surface area contributed by atoms with Crippen LogP contribution in [0.15, 0.2) is 36.5 Å². The molecule has 7 heteroatoms. The second-order valence-corrected chi connectivity index (χ2v) is 7.52. The van der Waals surface area contributed by atoms with Crippen LogP contribution in [0.3, 0.4) is 0 Å². The van der Waals surface area contributed by atoms with Gasteiger partial charge in [-0.15, -0.1) is 0 Å². The molecule has 2 heterocycles. The molecule has 4 rings (SSSR count). The van der Waals surface area contributed by atoms with Crippen molar-refractivity contribution >= 4 is 5.78 Å². The molecular formula is C21H23FN2O4. The van der Waals surface area contributed by atoms with Crippen LogP contribution in [0.4, 0.5) is 4.39 Å². The van der Waals surface area contributed by atoms with Crippen LogP contribution in [-0.2, 0) is 0 Å². The predicted octanol–water partition coefficient (Wildman–Crippen LogP) is 2.91. The number of carbonyl (C=O) groups is 1. The Morgan fingerprint density at radius 1 is 1.21 bits per heavy atom. The maximum atomic E-state index is 14.3. The first-order valence-electron chi connectivity index (χ1n) is 9.43. The number of rotatable bonds is 6. The van der Waals surface area contributed by atoms with Crippen LogP contribution < -0.4 is 9.47 Å². The average Bonchev–Trinajstić information content (AvgIpc) is 3.21. The van der Waals surface area contributed by atoms with Gasteiger partial charge in [0.1, 0.15) is 11.4 Å². The van der Waals surface area contributed by atoms with E-state index >= 15 is 0 Å². The summed E-state index contributed by atoms with van der Waals surface area (Å²) >= 11 is 0. The first-order valence-corrected chi connectivity index (χ1v) is 9.43. The molecule has 0 radical (unpaired) electrons. The number of nitrogens with zero attached hydrogens (tertiary/aromatic N) is 2. The predicted molar refractivity (Wildman–Crippen MR) is 100 cm³/mol. The fourth-order valence-electron chi connectivity index (χ4n) is 4.32. The van der Waals surface area contributed by atoms with Crippen molar-refractivity contribution in [3.63, 3.8) is 0 Å². The van der Waals surface area contributed by atoms with Crippen molar-refractivity contribution in [3.8, 4) is 17.2 Å². The zero-order valence-corrected chi connectivity index (χ0v) is 15.7. The zero-order chi connectivity index (χ0) is 19.7. The molecule has 1 saturated heterocycles. The van der Waals surface area contributed by atoms with Crippen molar-refractivity contribution in [3.05, 3.63) is 48.0 Å². The molecule has 0 bridgehead atoms. The number of likely N-dealkylation sites (tertiary alicyclic amines) is 1. The van der Waals surface area contributed by atoms with Crippen LogP contribution in [0, 0.1) is 17.7 Å². The Labute approximate surface area is 162 Å². The number of fused-ring (bicyclic) bond motifs is 1. The number of hydrogen-bond donors (Lipinski definition) is 1. The number of benzene rings is 1. The van der Waals surface area contributed by atoms with Crippen LogP contribution in [0.5, 0.6) is 17.2 Å². The van der Waals surface area contributed by atoms with E-state index in [1.54, 1.807) is 24.3 Å². The number of carbonyl (C=O) groups excluding carboxylic acids is 1. The van der Waals surface area contributed by atoms with Crippen molar-refractivity contribution < 1.29 is 23.8 Å². The molecule has 2 aromatic rings. The smallest absolute Gasteiger partial charge is 0.206 e. The lowest BCUT2D eigenvalue weighted by Crippen LogP contribution is -2.30. The van der Waals surface area contributed by atoms with Gasteiger partial charge in [0, 0.05) is 13.1 Å². The van der Waals surface area contributed by atoms with Crippen LogP contribution in [0.25, 0.3) is 0 Å². The summed E-state index contributed by atoms with van der Waals surface area (Å²) in [4.78, 5) is 18.5. The minimum atomic E-state index is -0.462. The molecule has 6 nitrogen and oxygen atoms in total. The normalized spacial score (nSPS) is 24.1. The molecule has 1 aliphatic carbocycles. The number of pyridine rings is 1. The zero-order valence-electron chi connectivity index (χ0n) is 15.7. The molecule has 148 valence electrons. The lowest BCUT2D eigenvalue weighted by atomic mass is 10.0. The van der Waals surface area contributed by atoms with Crippen molar-refractivity contribution in [1.82, 2.24) is 9.88 Å². The Balaban J connectivity index is 1.31. The highest BCUT2D eigenvalue weighted by molar-refractivity contribution is 5.95. The Morgan fingerprint density at radius 2 is 1.93 bits per heavy atom. The molecule has 0 amide bonds. The molecule has 3 atom stereocenters. The van der Waals surface area contributed by atoms with Gasteiger partial charge < -0.3 is 14.6 Å². The van der Waals surface area contributed by atoms with Gasteiger partial charge in [0.05, 0.1) is 26.0 Å². The number of aromatic hydroxyl groups is 1. The standard InChI is InChI=1S/C21H23FN2O4/c1-27-19-3-2-4-20(21(19)22)28-16-7-13-10-24(11-14(13)8-16)12-18(26)17-6-5-15(25)9-23-17/h2-6,9,13-14,16,25H,7-8,10-12H2,1H3/t13-,14+,16+. The maximum Gasteiger partial charge on any atom is 0.206 e. The van der Waals surface area contributed by atoms with Crippen molar-refractivity contribution in [2.24, 2.45) is 11.8 Å². The van der Waals surface area contributed by atoms with Gasteiger partial charge in [-0.05, 0) is 48.9 Å². The number of Topliss-reactive ketones (excluding diaryl/α,β-unsaturated/α-hetero) is 1. The maximum absolute atomic E-state index is 14.3. The van der Waals surface area contributed by atoms with Crippen LogP contribution in [-0.4, -0.2) is 53.6 Å². The van der Waals surface area contributed by atoms with Gasteiger partial charge in [-0.3, -0.25) is 9.69 Å². The molecule has 28 heavy (non-hydrogen) atoms. The number of hydrogen-bond acceptors (Lipinski definition) is 6. The molecular weight excluding hydrogens is 363 g/mol. The van der Waals surface area contributed by atoms with Gasteiger partial charge in [0.2, 0.25) is 5.82 Å². The summed E-state index contributed by atoms with van der Waals surface area (Å²) in [6.45, 7) is 1.98. The number of halogens is 1. The van der Waals surface area contributed by atoms with E-state index < -0.39 is 5.82 Å². The Hall–Kier alpha value is -2.67. The Bertz CT molecular complexity index is 844. The van der Waals surface area contributed by atoms with Crippen molar-refractivity contribution in [2.45, 2.75) is 18.9 Å². The quantitative estimate of drug-likeness (QED) is 0.770. The largest absolute Gasteiger partial charge is 0.506 e. The van der Waals surface area contributed by atoms with Gasteiger partial charge in [-0.1, -0.05) is 6.07 Å². The van der Waals surface area contributed by atoms with Gasteiger partial charge >= 0.3 is 0 Å². The Kier molecular flexibility index (Phi) is 5.17. The third-order valence-electron chi connectivity index (χ3n) is 5.63. The molecule has 0 spiro atoms.